The summed E-state index contributed by atoms with van der Waals surface area (Å²) in [6.45, 7) is 0.507. The number of hydrogen-bond donors (Lipinski definition) is 0. The van der Waals surface area contributed by atoms with Gasteiger partial charge in [0.15, 0.2) is 0 Å². The summed E-state index contributed by atoms with van der Waals surface area (Å²) in [5.41, 5.74) is 5.41. The molecular weight excluding hydrogens is 342 g/mol. The summed E-state index contributed by atoms with van der Waals surface area (Å²) in [6.07, 6.45) is 6.54. The van der Waals surface area contributed by atoms with Gasteiger partial charge in [0.05, 0.1) is 17.1 Å². The number of nitrogens with zero attached hydrogens (tertiary/aromatic N) is 1. The fourth-order valence-electron chi connectivity index (χ4n) is 4.64. The third kappa shape index (κ3) is 2.47. The van der Waals surface area contributed by atoms with E-state index in [0.717, 1.165) is 5.88 Å². The van der Waals surface area contributed by atoms with Crippen LogP contribution in [0.5, 0.6) is 5.75 Å². The molecule has 3 aromatic rings. The van der Waals surface area contributed by atoms with Gasteiger partial charge in [0.1, 0.15) is 5.75 Å². The molecule has 0 unspecified atom stereocenters. The van der Waals surface area contributed by atoms with Crippen LogP contribution in [-0.4, -0.2) is 11.0 Å². The molecule has 0 spiro atoms. The molecule has 0 radical (unpaired) electrons. The first-order valence-corrected chi connectivity index (χ1v) is 10.3. The molecule has 0 bridgehead atoms. The van der Waals surface area contributed by atoms with Crippen LogP contribution in [0.15, 0.2) is 47.4 Å². The van der Waals surface area contributed by atoms with Gasteiger partial charge in [-0.25, -0.2) is 0 Å². The number of hydrogen-bond acceptors (Lipinski definition) is 3. The second kappa shape index (κ2) is 6.51. The minimum absolute atomic E-state index is 0.507. The Kier molecular flexibility index (Phi) is 4.01. The molecule has 2 aliphatic rings. The van der Waals surface area contributed by atoms with Crippen LogP contribution in [0, 0.1) is 0 Å². The van der Waals surface area contributed by atoms with Crippen molar-refractivity contribution in [1.82, 2.24) is 4.57 Å². The maximum Gasteiger partial charge on any atom is 0.298 e. The molecule has 5 rings (SSSR count). The normalized spacial score (nSPS) is 16.9. The molecule has 1 aliphatic carbocycles. The lowest BCUT2D eigenvalue weighted by molar-refractivity contribution is -0.120. The van der Waals surface area contributed by atoms with Crippen molar-refractivity contribution in [2.24, 2.45) is 0 Å². The predicted molar refractivity (Wildman–Crippen MR) is 106 cm³/mol. The van der Waals surface area contributed by atoms with Crippen molar-refractivity contribution in [1.29, 1.82) is 0 Å². The maximum absolute atomic E-state index is 10.8. The fourth-order valence-corrected chi connectivity index (χ4v) is 5.67. The van der Waals surface area contributed by atoms with Gasteiger partial charge in [0.2, 0.25) is 0 Å². The van der Waals surface area contributed by atoms with Crippen molar-refractivity contribution in [2.75, 3.05) is 0 Å². The number of aromatic nitrogens is 1. The molecule has 0 saturated heterocycles. The van der Waals surface area contributed by atoms with Crippen LogP contribution in [0.4, 0.5) is 0 Å². The minimum atomic E-state index is 0.507. The van der Waals surface area contributed by atoms with E-state index in [1.54, 1.807) is 0 Å². The Morgan fingerprint density at radius 1 is 1.08 bits per heavy atom. The quantitative estimate of drug-likeness (QED) is 0.538. The SMILES string of the molecule is O=COc1ccc2c(C3CCCCC3)c3n(c2c1)CSc1ccccc1-3. The molecule has 26 heavy (non-hydrogen) atoms. The van der Waals surface area contributed by atoms with E-state index in [0.29, 0.717) is 18.1 Å². The summed E-state index contributed by atoms with van der Waals surface area (Å²) >= 11 is 1.88. The number of benzene rings is 2. The van der Waals surface area contributed by atoms with Gasteiger partial charge in [0, 0.05) is 21.9 Å². The van der Waals surface area contributed by atoms with Crippen LogP contribution < -0.4 is 4.74 Å². The molecule has 1 fully saturated rings. The monoisotopic (exact) mass is 363 g/mol. The summed E-state index contributed by atoms with van der Waals surface area (Å²) in [5, 5.41) is 1.32. The Balaban J connectivity index is 1.79. The Hall–Kier alpha value is -2.20. The first-order valence-electron chi connectivity index (χ1n) is 9.35. The highest BCUT2D eigenvalue weighted by molar-refractivity contribution is 7.98. The fraction of sp³-hybridized carbons (Fsp3) is 0.318. The van der Waals surface area contributed by atoms with E-state index in [4.69, 9.17) is 4.74 Å². The van der Waals surface area contributed by atoms with Gasteiger partial charge >= 0.3 is 0 Å². The first kappa shape index (κ1) is 16.0. The number of carbonyl (C=O) groups excluding carboxylic acids is 1. The second-order valence-corrected chi connectivity index (χ2v) is 8.17. The lowest BCUT2D eigenvalue weighted by Gasteiger charge is -2.26. The van der Waals surface area contributed by atoms with Gasteiger partial charge < -0.3 is 9.30 Å². The summed E-state index contributed by atoms with van der Waals surface area (Å²) in [4.78, 5) is 12.1. The van der Waals surface area contributed by atoms with Gasteiger partial charge in [-0.1, -0.05) is 37.5 Å². The van der Waals surface area contributed by atoms with Crippen molar-refractivity contribution in [3.63, 3.8) is 0 Å². The lowest BCUT2D eigenvalue weighted by atomic mass is 9.82. The van der Waals surface area contributed by atoms with Crippen LogP contribution in [-0.2, 0) is 10.7 Å². The standard InChI is InChI=1S/C22H21NO2S/c24-14-25-16-10-11-17-19(12-16)23-13-26-20-9-5-4-8-18(20)22(23)21(17)15-6-2-1-3-7-15/h4-5,8-12,14-15H,1-3,6-7,13H2. The zero-order chi connectivity index (χ0) is 17.5. The molecule has 0 atom stereocenters. The van der Waals surface area contributed by atoms with E-state index in [9.17, 15) is 4.79 Å². The molecule has 0 amide bonds. The molecule has 4 heteroatoms. The van der Waals surface area contributed by atoms with Crippen molar-refractivity contribution < 1.29 is 9.53 Å². The minimum Gasteiger partial charge on any atom is -0.429 e. The molecule has 3 nitrogen and oxygen atoms in total. The van der Waals surface area contributed by atoms with E-state index in [2.05, 4.69) is 34.9 Å². The van der Waals surface area contributed by atoms with Gasteiger partial charge in [-0.2, -0.15) is 0 Å². The van der Waals surface area contributed by atoms with Crippen LogP contribution in [0.1, 0.15) is 43.6 Å². The van der Waals surface area contributed by atoms with Crippen molar-refractivity contribution >= 4 is 29.1 Å². The third-order valence-electron chi connectivity index (χ3n) is 5.76. The molecule has 1 aromatic heterocycles. The van der Waals surface area contributed by atoms with Crippen molar-refractivity contribution in [2.45, 2.75) is 48.8 Å². The smallest absolute Gasteiger partial charge is 0.298 e. The number of rotatable bonds is 3. The Morgan fingerprint density at radius 3 is 2.77 bits per heavy atom. The average molecular weight is 363 g/mol. The van der Waals surface area contributed by atoms with E-state index in [1.807, 2.05) is 23.9 Å². The topological polar surface area (TPSA) is 31.2 Å². The highest BCUT2D eigenvalue weighted by Gasteiger charge is 2.29. The van der Waals surface area contributed by atoms with Gasteiger partial charge in [-0.3, -0.25) is 4.79 Å². The van der Waals surface area contributed by atoms with Gasteiger partial charge in [-0.05, 0) is 42.5 Å². The molecule has 1 aliphatic heterocycles. The molecule has 1 saturated carbocycles. The number of ether oxygens (including phenoxy) is 1. The first-order chi connectivity index (χ1) is 12.9. The summed E-state index contributed by atoms with van der Waals surface area (Å²) in [5.74, 6) is 2.14. The largest absolute Gasteiger partial charge is 0.429 e. The Labute approximate surface area is 157 Å². The molecular formula is C22H21NO2S. The second-order valence-electron chi connectivity index (χ2n) is 7.19. The Morgan fingerprint density at radius 2 is 1.92 bits per heavy atom. The van der Waals surface area contributed by atoms with Crippen LogP contribution >= 0.6 is 11.8 Å². The maximum atomic E-state index is 10.8. The van der Waals surface area contributed by atoms with Crippen molar-refractivity contribution in [3.05, 3.63) is 48.0 Å². The molecule has 2 heterocycles. The lowest BCUT2D eigenvalue weighted by Crippen LogP contribution is -2.09. The Bertz CT molecular complexity index is 985. The van der Waals surface area contributed by atoms with Gasteiger partial charge in [0.25, 0.3) is 6.47 Å². The van der Waals surface area contributed by atoms with E-state index in [1.165, 1.54) is 64.7 Å². The van der Waals surface area contributed by atoms with Crippen molar-refractivity contribution in [3.8, 4) is 17.0 Å². The zero-order valence-electron chi connectivity index (χ0n) is 14.6. The zero-order valence-corrected chi connectivity index (χ0v) is 15.4. The highest BCUT2D eigenvalue weighted by Crippen LogP contribution is 2.49. The van der Waals surface area contributed by atoms with E-state index >= 15 is 0 Å². The number of carbonyl (C=O) groups is 1. The molecule has 0 N–H and O–H groups in total. The predicted octanol–water partition coefficient (Wildman–Crippen LogP) is 5.95. The molecule has 132 valence electrons. The van der Waals surface area contributed by atoms with E-state index < -0.39 is 0 Å². The van der Waals surface area contributed by atoms with Gasteiger partial charge in [-0.15, -0.1) is 11.8 Å². The summed E-state index contributed by atoms with van der Waals surface area (Å²) in [6, 6.07) is 14.8. The number of thioether (sulfide) groups is 1. The number of fused-ring (bicyclic) bond motifs is 5. The third-order valence-corrected chi connectivity index (χ3v) is 6.82. The molecule has 2 aromatic carbocycles. The van der Waals surface area contributed by atoms with Crippen LogP contribution in [0.2, 0.25) is 0 Å². The summed E-state index contributed by atoms with van der Waals surface area (Å²) in [7, 11) is 0. The van der Waals surface area contributed by atoms with Crippen LogP contribution in [0.3, 0.4) is 0 Å². The van der Waals surface area contributed by atoms with Crippen LogP contribution in [0.25, 0.3) is 22.2 Å². The highest BCUT2D eigenvalue weighted by atomic mass is 32.2. The summed E-state index contributed by atoms with van der Waals surface area (Å²) < 4.78 is 7.55. The average Bonchev–Trinajstić information content (AvgIpc) is 3.03. The van der Waals surface area contributed by atoms with E-state index in [-0.39, 0.29) is 0 Å².